The minimum Gasteiger partial charge on any atom is -0.391 e. The highest BCUT2D eigenvalue weighted by molar-refractivity contribution is 5.74. The Morgan fingerprint density at radius 2 is 2.05 bits per heavy atom. The SMILES string of the molecule is O=C(N[C@@H]1CCOC2(CCCC2)C1)N1CCC[C@H](O)C1. The van der Waals surface area contributed by atoms with Crippen LogP contribution >= 0.6 is 0 Å². The van der Waals surface area contributed by atoms with Gasteiger partial charge in [-0.2, -0.15) is 0 Å². The highest BCUT2D eigenvalue weighted by atomic mass is 16.5. The quantitative estimate of drug-likeness (QED) is 0.768. The number of piperidine rings is 1. The Labute approximate surface area is 120 Å². The Morgan fingerprint density at radius 1 is 1.25 bits per heavy atom. The van der Waals surface area contributed by atoms with Gasteiger partial charge in [0.2, 0.25) is 0 Å². The number of nitrogens with one attached hydrogen (secondary N) is 1. The number of rotatable bonds is 1. The predicted octanol–water partition coefficient (Wildman–Crippen LogP) is 1.64. The van der Waals surface area contributed by atoms with E-state index < -0.39 is 0 Å². The number of β-amino-alcohol motifs (C(OH)–C–C–N with tert-alkyl or cyclic N) is 1. The highest BCUT2D eigenvalue weighted by Gasteiger charge is 2.40. The van der Waals surface area contributed by atoms with E-state index in [2.05, 4.69) is 5.32 Å². The van der Waals surface area contributed by atoms with Gasteiger partial charge in [0.1, 0.15) is 0 Å². The standard InChI is InChI=1S/C15H26N2O3/c18-13-4-3-8-17(11-13)14(19)16-12-5-9-20-15(10-12)6-1-2-7-15/h12-13,18H,1-11H2,(H,16,19)/t12-,13+/m1/s1. The molecule has 20 heavy (non-hydrogen) atoms. The van der Waals surface area contributed by atoms with Crippen LogP contribution < -0.4 is 5.32 Å². The number of nitrogens with zero attached hydrogens (tertiary/aromatic N) is 1. The molecule has 2 amide bonds. The summed E-state index contributed by atoms with van der Waals surface area (Å²) in [5.41, 5.74) is 0.0393. The molecule has 1 saturated carbocycles. The number of amides is 2. The van der Waals surface area contributed by atoms with Crippen molar-refractivity contribution in [2.24, 2.45) is 0 Å². The van der Waals surface area contributed by atoms with Gasteiger partial charge >= 0.3 is 6.03 Å². The fraction of sp³-hybridized carbons (Fsp3) is 0.933. The van der Waals surface area contributed by atoms with Gasteiger partial charge in [0, 0.05) is 25.7 Å². The number of carbonyl (C=O) groups is 1. The van der Waals surface area contributed by atoms with Crippen LogP contribution in [0.2, 0.25) is 0 Å². The molecule has 114 valence electrons. The Morgan fingerprint density at radius 3 is 2.80 bits per heavy atom. The highest BCUT2D eigenvalue weighted by Crippen LogP contribution is 2.39. The molecule has 5 nitrogen and oxygen atoms in total. The van der Waals surface area contributed by atoms with E-state index in [-0.39, 0.29) is 23.8 Å². The van der Waals surface area contributed by atoms with Gasteiger partial charge in [-0.15, -0.1) is 0 Å². The molecule has 2 N–H and O–H groups in total. The molecule has 3 aliphatic rings. The Hall–Kier alpha value is -0.810. The smallest absolute Gasteiger partial charge is 0.317 e. The van der Waals surface area contributed by atoms with Crippen molar-refractivity contribution in [3.8, 4) is 0 Å². The zero-order chi connectivity index (χ0) is 14.0. The zero-order valence-electron chi connectivity index (χ0n) is 12.1. The lowest BCUT2D eigenvalue weighted by Crippen LogP contribution is -2.53. The lowest BCUT2D eigenvalue weighted by molar-refractivity contribution is -0.0825. The van der Waals surface area contributed by atoms with Crippen molar-refractivity contribution in [1.82, 2.24) is 10.2 Å². The molecule has 1 aliphatic carbocycles. The second-order valence-electron chi connectivity index (χ2n) is 6.62. The molecule has 2 aliphatic heterocycles. The van der Waals surface area contributed by atoms with Crippen LogP contribution in [-0.2, 0) is 4.74 Å². The van der Waals surface area contributed by atoms with Crippen molar-refractivity contribution >= 4 is 6.03 Å². The first-order valence-corrected chi connectivity index (χ1v) is 8.04. The third kappa shape index (κ3) is 3.09. The predicted molar refractivity (Wildman–Crippen MR) is 75.5 cm³/mol. The lowest BCUT2D eigenvalue weighted by atomic mass is 9.89. The molecule has 0 aromatic carbocycles. The summed E-state index contributed by atoms with van der Waals surface area (Å²) < 4.78 is 6.00. The number of hydrogen-bond donors (Lipinski definition) is 2. The van der Waals surface area contributed by atoms with Crippen molar-refractivity contribution in [2.45, 2.75) is 69.1 Å². The topological polar surface area (TPSA) is 61.8 Å². The Balaban J connectivity index is 1.53. The van der Waals surface area contributed by atoms with Gasteiger partial charge in [-0.05, 0) is 38.5 Å². The fourth-order valence-electron chi connectivity index (χ4n) is 3.92. The maximum absolute atomic E-state index is 12.3. The molecule has 2 saturated heterocycles. The average molecular weight is 282 g/mol. The normalized spacial score (nSPS) is 33.4. The fourth-order valence-corrected chi connectivity index (χ4v) is 3.92. The average Bonchev–Trinajstić information content (AvgIpc) is 2.87. The monoisotopic (exact) mass is 282 g/mol. The first-order valence-electron chi connectivity index (χ1n) is 8.04. The first kappa shape index (κ1) is 14.1. The summed E-state index contributed by atoms with van der Waals surface area (Å²) in [6.07, 6.45) is 7.99. The van der Waals surface area contributed by atoms with Crippen LogP contribution in [0, 0.1) is 0 Å². The van der Waals surface area contributed by atoms with E-state index in [0.717, 1.165) is 51.7 Å². The van der Waals surface area contributed by atoms with Gasteiger partial charge in [-0.25, -0.2) is 4.79 Å². The third-order valence-electron chi connectivity index (χ3n) is 5.02. The molecule has 0 unspecified atom stereocenters. The van der Waals surface area contributed by atoms with Crippen LogP contribution in [0.1, 0.15) is 51.4 Å². The Bertz CT molecular complexity index is 355. The van der Waals surface area contributed by atoms with Gasteiger partial charge in [0.15, 0.2) is 0 Å². The Kier molecular flexibility index (Phi) is 4.17. The van der Waals surface area contributed by atoms with Gasteiger partial charge in [0.05, 0.1) is 11.7 Å². The number of urea groups is 1. The molecule has 1 spiro atoms. The van der Waals surface area contributed by atoms with Crippen LogP contribution in [-0.4, -0.2) is 53.5 Å². The summed E-state index contributed by atoms with van der Waals surface area (Å²) in [5.74, 6) is 0. The van der Waals surface area contributed by atoms with E-state index in [1.54, 1.807) is 4.90 Å². The molecular formula is C15H26N2O3. The second-order valence-corrected chi connectivity index (χ2v) is 6.62. The number of aliphatic hydroxyl groups excluding tert-OH is 1. The molecule has 2 heterocycles. The third-order valence-corrected chi connectivity index (χ3v) is 5.02. The van der Waals surface area contributed by atoms with Crippen LogP contribution in [0.3, 0.4) is 0 Å². The number of ether oxygens (including phenoxy) is 1. The van der Waals surface area contributed by atoms with E-state index in [1.807, 2.05) is 0 Å². The van der Waals surface area contributed by atoms with E-state index in [0.29, 0.717) is 6.54 Å². The molecule has 0 bridgehead atoms. The minimum atomic E-state index is -0.356. The summed E-state index contributed by atoms with van der Waals surface area (Å²) in [5, 5.41) is 12.8. The summed E-state index contributed by atoms with van der Waals surface area (Å²) in [6.45, 7) is 1.99. The molecule has 0 aromatic heterocycles. The molecule has 0 radical (unpaired) electrons. The van der Waals surface area contributed by atoms with E-state index >= 15 is 0 Å². The van der Waals surface area contributed by atoms with Crippen LogP contribution in [0.4, 0.5) is 4.79 Å². The summed E-state index contributed by atoms with van der Waals surface area (Å²) in [6, 6.07) is 0.220. The number of aliphatic hydroxyl groups is 1. The number of hydrogen-bond acceptors (Lipinski definition) is 3. The van der Waals surface area contributed by atoms with E-state index in [1.165, 1.54) is 12.8 Å². The van der Waals surface area contributed by atoms with E-state index in [9.17, 15) is 9.90 Å². The lowest BCUT2D eigenvalue weighted by Gasteiger charge is -2.39. The molecule has 0 aromatic rings. The maximum Gasteiger partial charge on any atom is 0.317 e. The van der Waals surface area contributed by atoms with Crippen molar-refractivity contribution < 1.29 is 14.6 Å². The number of carbonyl (C=O) groups excluding carboxylic acids is 1. The van der Waals surface area contributed by atoms with Gasteiger partial charge < -0.3 is 20.1 Å². The first-order chi connectivity index (χ1) is 9.67. The zero-order valence-corrected chi connectivity index (χ0v) is 12.1. The largest absolute Gasteiger partial charge is 0.391 e. The van der Waals surface area contributed by atoms with Crippen molar-refractivity contribution in [1.29, 1.82) is 0 Å². The van der Waals surface area contributed by atoms with Crippen LogP contribution in [0.5, 0.6) is 0 Å². The second kappa shape index (κ2) is 5.90. The molecule has 3 rings (SSSR count). The van der Waals surface area contributed by atoms with Crippen molar-refractivity contribution in [3.05, 3.63) is 0 Å². The molecule has 5 heteroatoms. The molecular weight excluding hydrogens is 256 g/mol. The van der Waals surface area contributed by atoms with Crippen LogP contribution in [0.25, 0.3) is 0 Å². The van der Waals surface area contributed by atoms with Crippen molar-refractivity contribution in [3.63, 3.8) is 0 Å². The van der Waals surface area contributed by atoms with Gasteiger partial charge in [0.25, 0.3) is 0 Å². The van der Waals surface area contributed by atoms with Gasteiger partial charge in [-0.1, -0.05) is 12.8 Å². The summed E-state index contributed by atoms with van der Waals surface area (Å²) in [4.78, 5) is 14.0. The molecule has 2 atom stereocenters. The minimum absolute atomic E-state index is 0.0104. The maximum atomic E-state index is 12.3. The van der Waals surface area contributed by atoms with E-state index in [4.69, 9.17) is 4.74 Å². The van der Waals surface area contributed by atoms with Crippen LogP contribution in [0.15, 0.2) is 0 Å². The van der Waals surface area contributed by atoms with Crippen molar-refractivity contribution in [2.75, 3.05) is 19.7 Å². The number of likely N-dealkylation sites (tertiary alicyclic amines) is 1. The van der Waals surface area contributed by atoms with Gasteiger partial charge in [-0.3, -0.25) is 0 Å². The molecule has 3 fully saturated rings. The summed E-state index contributed by atoms with van der Waals surface area (Å²) >= 11 is 0. The summed E-state index contributed by atoms with van der Waals surface area (Å²) in [7, 11) is 0.